The summed E-state index contributed by atoms with van der Waals surface area (Å²) in [6.45, 7) is 8.66. The lowest BCUT2D eigenvalue weighted by Crippen LogP contribution is -2.37. The van der Waals surface area contributed by atoms with Crippen molar-refractivity contribution in [2.45, 2.75) is 53.4 Å². The molecule has 0 saturated heterocycles. The molecule has 1 saturated carbocycles. The molecule has 0 spiro atoms. The van der Waals surface area contributed by atoms with Crippen molar-refractivity contribution in [3.8, 4) is 0 Å². The lowest BCUT2D eigenvalue weighted by atomic mass is 9.65. The zero-order valence-corrected chi connectivity index (χ0v) is 10.7. The van der Waals surface area contributed by atoms with Crippen molar-refractivity contribution >= 4 is 5.97 Å². The van der Waals surface area contributed by atoms with Crippen molar-refractivity contribution in [2.75, 3.05) is 7.11 Å². The van der Waals surface area contributed by atoms with Gasteiger partial charge in [-0.25, -0.2) is 0 Å². The van der Waals surface area contributed by atoms with Crippen LogP contribution in [0, 0.1) is 16.7 Å². The first-order chi connectivity index (χ1) is 6.79. The largest absolute Gasteiger partial charge is 0.469 e. The molecule has 2 heteroatoms. The highest BCUT2D eigenvalue weighted by Crippen LogP contribution is 2.45. The first kappa shape index (κ1) is 12.5. The minimum absolute atomic E-state index is 0.0628. The van der Waals surface area contributed by atoms with Gasteiger partial charge in [-0.05, 0) is 50.9 Å². The smallest absolute Gasteiger partial charge is 0.311 e. The zero-order valence-electron chi connectivity index (χ0n) is 10.7. The van der Waals surface area contributed by atoms with Crippen LogP contribution in [0.25, 0.3) is 0 Å². The Bertz CT molecular complexity index is 231. The molecule has 0 atom stereocenters. The summed E-state index contributed by atoms with van der Waals surface area (Å²) < 4.78 is 4.88. The summed E-state index contributed by atoms with van der Waals surface area (Å²) in [6, 6.07) is 0. The highest BCUT2D eigenvalue weighted by molar-refractivity contribution is 5.76. The van der Waals surface area contributed by atoms with E-state index in [0.29, 0.717) is 11.3 Å². The fraction of sp³-hybridized carbons (Fsp3) is 0.923. The molecule has 2 nitrogen and oxygen atoms in total. The van der Waals surface area contributed by atoms with Crippen molar-refractivity contribution in [3.63, 3.8) is 0 Å². The second-order valence-electron chi connectivity index (χ2n) is 6.15. The normalized spacial score (nSPS) is 22.5. The van der Waals surface area contributed by atoms with Crippen LogP contribution in [0.4, 0.5) is 0 Å². The molecular weight excluding hydrogens is 188 g/mol. The Morgan fingerprint density at radius 2 is 1.73 bits per heavy atom. The Kier molecular flexibility index (Phi) is 3.47. The van der Waals surface area contributed by atoms with Gasteiger partial charge in [0.2, 0.25) is 0 Å². The van der Waals surface area contributed by atoms with Crippen molar-refractivity contribution < 1.29 is 9.53 Å². The van der Waals surface area contributed by atoms with E-state index in [-0.39, 0.29) is 11.4 Å². The average Bonchev–Trinajstić information content (AvgIpc) is 2.15. The van der Waals surface area contributed by atoms with Crippen molar-refractivity contribution in [1.29, 1.82) is 0 Å². The minimum Gasteiger partial charge on any atom is -0.469 e. The van der Waals surface area contributed by atoms with Gasteiger partial charge in [-0.15, -0.1) is 0 Å². The molecule has 0 heterocycles. The van der Waals surface area contributed by atoms with Crippen molar-refractivity contribution in [3.05, 3.63) is 0 Å². The quantitative estimate of drug-likeness (QED) is 0.656. The van der Waals surface area contributed by atoms with Gasteiger partial charge in [0, 0.05) is 0 Å². The van der Waals surface area contributed by atoms with Crippen LogP contribution >= 0.6 is 0 Å². The molecule has 0 aromatic carbocycles. The van der Waals surface area contributed by atoms with Crippen LogP contribution in [-0.2, 0) is 9.53 Å². The van der Waals surface area contributed by atoms with Crippen LogP contribution in [0.15, 0.2) is 0 Å². The summed E-state index contributed by atoms with van der Waals surface area (Å²) in [5.74, 6) is 0.421. The zero-order chi connectivity index (χ0) is 11.7. The monoisotopic (exact) mass is 212 g/mol. The van der Waals surface area contributed by atoms with E-state index in [2.05, 4.69) is 13.8 Å². The van der Waals surface area contributed by atoms with Gasteiger partial charge in [0.1, 0.15) is 0 Å². The maximum absolute atomic E-state index is 11.7. The fourth-order valence-corrected chi connectivity index (χ4v) is 2.55. The summed E-state index contributed by atoms with van der Waals surface area (Å²) in [7, 11) is 1.48. The molecular formula is C13H24O2. The second-order valence-corrected chi connectivity index (χ2v) is 6.15. The van der Waals surface area contributed by atoms with Gasteiger partial charge in [0.05, 0.1) is 12.5 Å². The maximum atomic E-state index is 11.7. The SMILES string of the molecule is COC(=O)C(C)(C)C1CCC(C)(C)CC1. The Labute approximate surface area is 93.4 Å². The number of esters is 1. The molecule has 0 aromatic heterocycles. The van der Waals surface area contributed by atoms with E-state index in [4.69, 9.17) is 4.74 Å². The molecule has 0 aromatic rings. The van der Waals surface area contributed by atoms with Crippen molar-refractivity contribution in [1.82, 2.24) is 0 Å². The number of hydrogen-bond donors (Lipinski definition) is 0. The number of carbonyl (C=O) groups excluding carboxylic acids is 1. The predicted octanol–water partition coefficient (Wildman–Crippen LogP) is 3.40. The minimum atomic E-state index is -0.314. The molecule has 15 heavy (non-hydrogen) atoms. The van der Waals surface area contributed by atoms with E-state index in [1.54, 1.807) is 0 Å². The predicted molar refractivity (Wildman–Crippen MR) is 61.5 cm³/mol. The van der Waals surface area contributed by atoms with Gasteiger partial charge < -0.3 is 4.74 Å². The Morgan fingerprint density at radius 1 is 1.27 bits per heavy atom. The standard InChI is InChI=1S/C13H24O2/c1-12(2)8-6-10(7-9-12)13(3,4)11(14)15-5/h10H,6-9H2,1-5H3. The number of rotatable bonds is 2. The fourth-order valence-electron chi connectivity index (χ4n) is 2.55. The molecule has 0 unspecified atom stereocenters. The molecule has 0 bridgehead atoms. The highest BCUT2D eigenvalue weighted by Gasteiger charge is 2.41. The van der Waals surface area contributed by atoms with Gasteiger partial charge in [0.15, 0.2) is 0 Å². The van der Waals surface area contributed by atoms with E-state index in [0.717, 1.165) is 12.8 Å². The molecule has 88 valence electrons. The van der Waals surface area contributed by atoms with Crippen LogP contribution in [0.1, 0.15) is 53.4 Å². The number of hydrogen-bond acceptors (Lipinski definition) is 2. The van der Waals surface area contributed by atoms with Crippen LogP contribution in [0.5, 0.6) is 0 Å². The Hall–Kier alpha value is -0.530. The third-order valence-corrected chi connectivity index (χ3v) is 4.07. The van der Waals surface area contributed by atoms with Crippen LogP contribution in [0.2, 0.25) is 0 Å². The number of ether oxygens (including phenoxy) is 1. The van der Waals surface area contributed by atoms with Crippen LogP contribution in [-0.4, -0.2) is 13.1 Å². The van der Waals surface area contributed by atoms with Gasteiger partial charge in [0.25, 0.3) is 0 Å². The van der Waals surface area contributed by atoms with Crippen molar-refractivity contribution in [2.24, 2.45) is 16.7 Å². The molecule has 1 aliphatic carbocycles. The third-order valence-electron chi connectivity index (χ3n) is 4.07. The summed E-state index contributed by atoms with van der Waals surface area (Å²) in [6.07, 6.45) is 4.74. The molecule has 0 amide bonds. The number of carbonyl (C=O) groups is 1. The third kappa shape index (κ3) is 2.73. The van der Waals surface area contributed by atoms with Gasteiger partial charge in [-0.3, -0.25) is 4.79 Å². The second kappa shape index (κ2) is 4.15. The summed E-state index contributed by atoms with van der Waals surface area (Å²) in [4.78, 5) is 11.7. The van der Waals surface area contributed by atoms with Gasteiger partial charge >= 0.3 is 5.97 Å². The van der Waals surface area contributed by atoms with Gasteiger partial charge in [-0.2, -0.15) is 0 Å². The van der Waals surface area contributed by atoms with E-state index in [1.807, 2.05) is 13.8 Å². The lowest BCUT2D eigenvalue weighted by molar-refractivity contribution is -0.155. The molecule has 0 radical (unpaired) electrons. The Morgan fingerprint density at radius 3 is 2.13 bits per heavy atom. The van der Waals surface area contributed by atoms with Crippen LogP contribution in [0.3, 0.4) is 0 Å². The van der Waals surface area contributed by atoms with Gasteiger partial charge in [-0.1, -0.05) is 13.8 Å². The highest BCUT2D eigenvalue weighted by atomic mass is 16.5. The summed E-state index contributed by atoms with van der Waals surface area (Å²) >= 11 is 0. The summed E-state index contributed by atoms with van der Waals surface area (Å²) in [5.41, 5.74) is 0.147. The van der Waals surface area contributed by atoms with E-state index in [1.165, 1.54) is 20.0 Å². The topological polar surface area (TPSA) is 26.3 Å². The first-order valence-corrected chi connectivity index (χ1v) is 5.88. The summed E-state index contributed by atoms with van der Waals surface area (Å²) in [5, 5.41) is 0. The molecule has 0 aliphatic heterocycles. The average molecular weight is 212 g/mol. The molecule has 0 N–H and O–H groups in total. The van der Waals surface area contributed by atoms with E-state index < -0.39 is 0 Å². The molecule has 1 rings (SSSR count). The van der Waals surface area contributed by atoms with E-state index >= 15 is 0 Å². The van der Waals surface area contributed by atoms with Crippen LogP contribution < -0.4 is 0 Å². The number of methoxy groups -OCH3 is 1. The van der Waals surface area contributed by atoms with E-state index in [9.17, 15) is 4.79 Å². The molecule has 1 aliphatic rings. The maximum Gasteiger partial charge on any atom is 0.311 e. The Balaban J connectivity index is 2.63. The molecule has 1 fully saturated rings. The lowest BCUT2D eigenvalue weighted by Gasteiger charge is -2.40. The first-order valence-electron chi connectivity index (χ1n) is 5.88.